The number of carbonyl (C=O) groups excluding carboxylic acids is 1. The summed E-state index contributed by atoms with van der Waals surface area (Å²) in [6, 6.07) is 6.23. The highest BCUT2D eigenvalue weighted by atomic mass is 19.1. The topological polar surface area (TPSA) is 58.2 Å². The minimum atomic E-state index is -0.278. The first-order chi connectivity index (χ1) is 11.2. The SMILES string of the molecule is CCCc1[nH]ncc1C(=O)N1CCO[C@@H](c2ccc(F)cc2)C1. The third-order valence-electron chi connectivity index (χ3n) is 4.04. The maximum Gasteiger partial charge on any atom is 0.257 e. The first-order valence-corrected chi connectivity index (χ1v) is 7.87. The van der Waals surface area contributed by atoms with Crippen molar-refractivity contribution >= 4 is 5.91 Å². The average Bonchev–Trinajstić information content (AvgIpc) is 3.03. The Balaban J connectivity index is 1.74. The molecule has 3 rings (SSSR count). The zero-order valence-electron chi connectivity index (χ0n) is 13.1. The van der Waals surface area contributed by atoms with Crippen LogP contribution < -0.4 is 0 Å². The number of amides is 1. The van der Waals surface area contributed by atoms with Crippen molar-refractivity contribution in [1.29, 1.82) is 0 Å². The van der Waals surface area contributed by atoms with Crippen LogP contribution in [0.2, 0.25) is 0 Å². The van der Waals surface area contributed by atoms with Crippen LogP contribution in [0.25, 0.3) is 0 Å². The number of morpholine rings is 1. The lowest BCUT2D eigenvalue weighted by Crippen LogP contribution is -2.42. The second-order valence-electron chi connectivity index (χ2n) is 5.67. The lowest BCUT2D eigenvalue weighted by atomic mass is 10.1. The molecule has 1 aliphatic rings. The van der Waals surface area contributed by atoms with E-state index in [1.165, 1.54) is 12.1 Å². The van der Waals surface area contributed by atoms with Gasteiger partial charge in [0.15, 0.2) is 0 Å². The Morgan fingerprint density at radius 2 is 2.22 bits per heavy atom. The molecule has 0 radical (unpaired) electrons. The minimum absolute atomic E-state index is 0.0300. The van der Waals surface area contributed by atoms with Crippen molar-refractivity contribution in [2.24, 2.45) is 0 Å². The number of hydrogen-bond donors (Lipinski definition) is 1. The number of benzene rings is 1. The normalized spacial score (nSPS) is 18.2. The molecule has 0 saturated carbocycles. The van der Waals surface area contributed by atoms with Crippen molar-refractivity contribution in [3.8, 4) is 0 Å². The third kappa shape index (κ3) is 3.42. The highest BCUT2D eigenvalue weighted by molar-refractivity contribution is 5.95. The van der Waals surface area contributed by atoms with Gasteiger partial charge in [-0.25, -0.2) is 4.39 Å². The van der Waals surface area contributed by atoms with Crippen LogP contribution in [-0.4, -0.2) is 40.7 Å². The number of carbonyl (C=O) groups is 1. The Morgan fingerprint density at radius 1 is 1.43 bits per heavy atom. The fourth-order valence-corrected chi connectivity index (χ4v) is 2.82. The summed E-state index contributed by atoms with van der Waals surface area (Å²) in [6.45, 7) is 3.54. The molecule has 1 amide bonds. The maximum absolute atomic E-state index is 13.0. The van der Waals surface area contributed by atoms with Gasteiger partial charge >= 0.3 is 0 Å². The zero-order valence-corrected chi connectivity index (χ0v) is 13.1. The van der Waals surface area contributed by atoms with E-state index in [0.717, 1.165) is 24.1 Å². The Kier molecular flexibility index (Phi) is 4.71. The summed E-state index contributed by atoms with van der Waals surface area (Å²) in [7, 11) is 0. The second-order valence-corrected chi connectivity index (χ2v) is 5.67. The van der Waals surface area contributed by atoms with Crippen molar-refractivity contribution in [3.63, 3.8) is 0 Å². The number of hydrogen-bond acceptors (Lipinski definition) is 3. The van der Waals surface area contributed by atoms with Gasteiger partial charge in [0.05, 0.1) is 24.9 Å². The van der Waals surface area contributed by atoms with Crippen molar-refractivity contribution < 1.29 is 13.9 Å². The smallest absolute Gasteiger partial charge is 0.257 e. The number of aromatic nitrogens is 2. The van der Waals surface area contributed by atoms with E-state index in [1.807, 2.05) is 0 Å². The highest BCUT2D eigenvalue weighted by Gasteiger charge is 2.27. The van der Waals surface area contributed by atoms with E-state index >= 15 is 0 Å². The molecular formula is C17H20FN3O2. The first-order valence-electron chi connectivity index (χ1n) is 7.87. The van der Waals surface area contributed by atoms with Crippen LogP contribution in [0.4, 0.5) is 4.39 Å². The van der Waals surface area contributed by atoms with Gasteiger partial charge in [0.2, 0.25) is 0 Å². The number of rotatable bonds is 4. The summed E-state index contributed by atoms with van der Waals surface area (Å²) in [6.07, 6.45) is 3.11. The Bertz CT molecular complexity index is 669. The van der Waals surface area contributed by atoms with Crippen LogP contribution in [0.1, 0.15) is 41.1 Å². The molecule has 1 fully saturated rings. The van der Waals surface area contributed by atoms with Crippen LogP contribution in [-0.2, 0) is 11.2 Å². The third-order valence-corrected chi connectivity index (χ3v) is 4.04. The quantitative estimate of drug-likeness (QED) is 0.943. The van der Waals surface area contributed by atoms with Gasteiger partial charge in [-0.1, -0.05) is 25.5 Å². The predicted octanol–water partition coefficient (Wildman–Crippen LogP) is 2.72. The van der Waals surface area contributed by atoms with Crippen LogP contribution in [0.5, 0.6) is 0 Å². The molecule has 5 nitrogen and oxygen atoms in total. The Hall–Kier alpha value is -2.21. The number of aromatic amines is 1. The molecule has 1 aromatic carbocycles. The molecule has 2 aromatic rings. The number of H-pyrrole nitrogens is 1. The predicted molar refractivity (Wildman–Crippen MR) is 83.6 cm³/mol. The van der Waals surface area contributed by atoms with Gasteiger partial charge in [-0.05, 0) is 24.1 Å². The minimum Gasteiger partial charge on any atom is -0.370 e. The van der Waals surface area contributed by atoms with Gasteiger partial charge in [0, 0.05) is 12.2 Å². The molecular weight excluding hydrogens is 297 g/mol. The summed E-state index contributed by atoms with van der Waals surface area (Å²) >= 11 is 0. The standard InChI is InChI=1S/C17H20FN3O2/c1-2-3-15-14(10-19-20-15)17(22)21-8-9-23-16(11-21)12-4-6-13(18)7-5-12/h4-7,10,16H,2-3,8-9,11H2,1H3,(H,19,20)/t16-/m1/s1. The lowest BCUT2D eigenvalue weighted by molar-refractivity contribution is -0.0228. The molecule has 1 atom stereocenters. The number of halogens is 1. The zero-order chi connectivity index (χ0) is 16.2. The number of nitrogens with one attached hydrogen (secondary N) is 1. The number of nitrogens with zero attached hydrogens (tertiary/aromatic N) is 2. The summed E-state index contributed by atoms with van der Waals surface area (Å²) in [4.78, 5) is 14.5. The van der Waals surface area contributed by atoms with Gasteiger partial charge in [0.25, 0.3) is 5.91 Å². The van der Waals surface area contributed by atoms with E-state index in [1.54, 1.807) is 23.2 Å². The highest BCUT2D eigenvalue weighted by Crippen LogP contribution is 2.24. The van der Waals surface area contributed by atoms with E-state index in [-0.39, 0.29) is 17.8 Å². The van der Waals surface area contributed by atoms with Crippen molar-refractivity contribution in [2.45, 2.75) is 25.9 Å². The van der Waals surface area contributed by atoms with Crippen LogP contribution in [0.15, 0.2) is 30.5 Å². The summed E-state index contributed by atoms with van der Waals surface area (Å²) in [5.41, 5.74) is 2.39. The van der Waals surface area contributed by atoms with E-state index in [2.05, 4.69) is 17.1 Å². The molecule has 0 unspecified atom stereocenters. The Morgan fingerprint density at radius 3 is 2.96 bits per heavy atom. The molecule has 23 heavy (non-hydrogen) atoms. The Labute approximate surface area is 134 Å². The number of aryl methyl sites for hydroxylation is 1. The monoisotopic (exact) mass is 317 g/mol. The summed E-state index contributed by atoms with van der Waals surface area (Å²) in [5, 5.41) is 6.90. The average molecular weight is 317 g/mol. The van der Waals surface area contributed by atoms with Crippen molar-refractivity contribution in [1.82, 2.24) is 15.1 Å². The molecule has 0 spiro atoms. The second kappa shape index (κ2) is 6.91. The molecule has 6 heteroatoms. The van der Waals surface area contributed by atoms with E-state index in [9.17, 15) is 9.18 Å². The fourth-order valence-electron chi connectivity index (χ4n) is 2.82. The molecule has 1 saturated heterocycles. The largest absolute Gasteiger partial charge is 0.370 e. The molecule has 1 aliphatic heterocycles. The molecule has 1 aromatic heterocycles. The fraction of sp³-hybridized carbons (Fsp3) is 0.412. The van der Waals surface area contributed by atoms with Crippen LogP contribution in [0, 0.1) is 5.82 Å². The van der Waals surface area contributed by atoms with Crippen LogP contribution >= 0.6 is 0 Å². The number of ether oxygens (including phenoxy) is 1. The van der Waals surface area contributed by atoms with Crippen LogP contribution in [0.3, 0.4) is 0 Å². The van der Waals surface area contributed by atoms with E-state index < -0.39 is 0 Å². The molecule has 2 heterocycles. The summed E-state index contributed by atoms with van der Waals surface area (Å²) in [5.74, 6) is -0.308. The van der Waals surface area contributed by atoms with E-state index in [0.29, 0.717) is 25.3 Å². The van der Waals surface area contributed by atoms with Crippen molar-refractivity contribution in [2.75, 3.05) is 19.7 Å². The molecule has 1 N–H and O–H groups in total. The first kappa shape index (κ1) is 15.7. The summed E-state index contributed by atoms with van der Waals surface area (Å²) < 4.78 is 18.8. The molecule has 122 valence electrons. The van der Waals surface area contributed by atoms with Gasteiger partial charge in [-0.3, -0.25) is 9.89 Å². The maximum atomic E-state index is 13.0. The molecule has 0 bridgehead atoms. The van der Waals surface area contributed by atoms with Gasteiger partial charge in [0.1, 0.15) is 11.9 Å². The lowest BCUT2D eigenvalue weighted by Gasteiger charge is -2.33. The van der Waals surface area contributed by atoms with Gasteiger partial charge in [-0.2, -0.15) is 5.10 Å². The van der Waals surface area contributed by atoms with Gasteiger partial charge in [-0.15, -0.1) is 0 Å². The van der Waals surface area contributed by atoms with E-state index in [4.69, 9.17) is 4.74 Å². The van der Waals surface area contributed by atoms with Crippen molar-refractivity contribution in [3.05, 3.63) is 53.1 Å². The molecule has 0 aliphatic carbocycles. The van der Waals surface area contributed by atoms with Gasteiger partial charge < -0.3 is 9.64 Å².